The molecule has 1 aliphatic rings. The molecule has 1 aromatic rings. The molecule has 132 valence electrons. The summed E-state index contributed by atoms with van der Waals surface area (Å²) in [6.45, 7) is 2.23. The molecule has 6 heteroatoms. The topological polar surface area (TPSA) is 58.6 Å². The third-order valence-corrected chi connectivity index (χ3v) is 4.79. The average molecular weight is 350 g/mol. The number of carbonyl (C=O) groups excluding carboxylic acids is 2. The number of thioether (sulfide) groups is 1. The maximum Gasteiger partial charge on any atom is 0.232 e. The van der Waals surface area contributed by atoms with Gasteiger partial charge in [-0.2, -0.15) is 11.8 Å². The van der Waals surface area contributed by atoms with Crippen LogP contribution < -0.4 is 10.1 Å². The molecule has 1 fully saturated rings. The Bertz CT molecular complexity index is 548. The number of rotatable bonds is 7. The lowest BCUT2D eigenvalue weighted by molar-refractivity contribution is -0.130. The third-order valence-electron chi connectivity index (χ3n) is 4.25. The minimum absolute atomic E-state index is 0.0210. The van der Waals surface area contributed by atoms with Gasteiger partial charge in [0.05, 0.1) is 19.3 Å². The minimum Gasteiger partial charge on any atom is -0.497 e. The van der Waals surface area contributed by atoms with Gasteiger partial charge >= 0.3 is 0 Å². The minimum atomic E-state index is 0.0210. The number of piperidine rings is 1. The molecule has 0 unspecified atom stereocenters. The van der Waals surface area contributed by atoms with Crippen molar-refractivity contribution in [3.8, 4) is 5.75 Å². The van der Waals surface area contributed by atoms with Crippen LogP contribution >= 0.6 is 11.8 Å². The Kier molecular flexibility index (Phi) is 7.43. The summed E-state index contributed by atoms with van der Waals surface area (Å²) < 4.78 is 5.11. The van der Waals surface area contributed by atoms with Crippen molar-refractivity contribution in [3.63, 3.8) is 0 Å². The molecule has 1 aromatic carbocycles. The molecule has 1 N–H and O–H groups in total. The molecular weight excluding hydrogens is 324 g/mol. The van der Waals surface area contributed by atoms with Crippen molar-refractivity contribution in [1.29, 1.82) is 0 Å². The van der Waals surface area contributed by atoms with E-state index in [1.165, 1.54) is 0 Å². The molecule has 1 saturated heterocycles. The van der Waals surface area contributed by atoms with Crippen molar-refractivity contribution in [2.24, 2.45) is 5.92 Å². The smallest absolute Gasteiger partial charge is 0.232 e. The number of hydrogen-bond donors (Lipinski definition) is 1. The molecule has 1 heterocycles. The zero-order valence-corrected chi connectivity index (χ0v) is 15.2. The largest absolute Gasteiger partial charge is 0.497 e. The fourth-order valence-corrected chi connectivity index (χ4v) is 3.35. The lowest BCUT2D eigenvalue weighted by Crippen LogP contribution is -2.44. The van der Waals surface area contributed by atoms with Gasteiger partial charge in [-0.05, 0) is 42.7 Å². The highest BCUT2D eigenvalue weighted by molar-refractivity contribution is 7.99. The Morgan fingerprint density at radius 2 is 2.08 bits per heavy atom. The number of ether oxygens (including phenoxy) is 1. The Balaban J connectivity index is 1.75. The summed E-state index contributed by atoms with van der Waals surface area (Å²) in [7, 11) is 1.62. The summed E-state index contributed by atoms with van der Waals surface area (Å²) >= 11 is 1.56. The summed E-state index contributed by atoms with van der Waals surface area (Å²) in [4.78, 5) is 26.0. The van der Waals surface area contributed by atoms with Crippen molar-refractivity contribution in [1.82, 2.24) is 10.2 Å². The van der Waals surface area contributed by atoms with Crippen LogP contribution in [0.5, 0.6) is 5.75 Å². The highest BCUT2D eigenvalue weighted by atomic mass is 32.2. The second-order valence-corrected chi connectivity index (χ2v) is 6.98. The van der Waals surface area contributed by atoms with Gasteiger partial charge in [0.15, 0.2) is 0 Å². The summed E-state index contributed by atoms with van der Waals surface area (Å²) in [5.41, 5.74) is 0.966. The first-order valence-corrected chi connectivity index (χ1v) is 9.68. The number of nitrogens with zero attached hydrogens (tertiary/aromatic N) is 1. The molecule has 5 nitrogen and oxygen atoms in total. The molecule has 1 atom stereocenters. The summed E-state index contributed by atoms with van der Waals surface area (Å²) in [6.07, 6.45) is 4.38. The fourth-order valence-electron chi connectivity index (χ4n) is 2.92. The normalized spacial score (nSPS) is 17.4. The van der Waals surface area contributed by atoms with Crippen LogP contribution in [0.4, 0.5) is 0 Å². The molecular formula is C18H26N2O3S. The van der Waals surface area contributed by atoms with Crippen LogP contribution in [0, 0.1) is 5.92 Å². The number of amides is 2. The monoisotopic (exact) mass is 350 g/mol. The van der Waals surface area contributed by atoms with Crippen LogP contribution in [0.15, 0.2) is 24.3 Å². The Morgan fingerprint density at radius 3 is 2.75 bits per heavy atom. The standard InChI is InChI=1S/C18H26N2O3S/c1-23-16-7-5-14(6-8-16)10-17(21)19-11-15-4-3-9-20(12-15)18(22)13-24-2/h5-8,15H,3-4,9-13H2,1-2H3,(H,19,21)/t15-/m1/s1. The van der Waals surface area contributed by atoms with E-state index in [1.54, 1.807) is 18.9 Å². The van der Waals surface area contributed by atoms with Crippen molar-refractivity contribution in [3.05, 3.63) is 29.8 Å². The first-order valence-electron chi connectivity index (χ1n) is 8.28. The first kappa shape index (κ1) is 18.6. The molecule has 0 aliphatic carbocycles. The average Bonchev–Trinajstić information content (AvgIpc) is 2.61. The number of hydrogen-bond acceptors (Lipinski definition) is 4. The second kappa shape index (κ2) is 9.57. The number of likely N-dealkylation sites (tertiary alicyclic amines) is 1. The molecule has 1 aliphatic heterocycles. The summed E-state index contributed by atoms with van der Waals surface area (Å²) in [6, 6.07) is 7.53. The predicted molar refractivity (Wildman–Crippen MR) is 97.4 cm³/mol. The van der Waals surface area contributed by atoms with Gasteiger partial charge in [0.1, 0.15) is 5.75 Å². The van der Waals surface area contributed by atoms with E-state index in [0.29, 0.717) is 24.6 Å². The lowest BCUT2D eigenvalue weighted by Gasteiger charge is -2.32. The van der Waals surface area contributed by atoms with Gasteiger partial charge in [-0.15, -0.1) is 0 Å². The van der Waals surface area contributed by atoms with Crippen LogP contribution in [0.1, 0.15) is 18.4 Å². The third kappa shape index (κ3) is 5.74. The highest BCUT2D eigenvalue weighted by Crippen LogP contribution is 2.17. The lowest BCUT2D eigenvalue weighted by atomic mass is 9.98. The van der Waals surface area contributed by atoms with E-state index >= 15 is 0 Å². The quantitative estimate of drug-likeness (QED) is 0.817. The van der Waals surface area contributed by atoms with Crippen LogP contribution in [0.2, 0.25) is 0 Å². The summed E-state index contributed by atoms with van der Waals surface area (Å²) in [5, 5.41) is 3.01. The van der Waals surface area contributed by atoms with Crippen molar-refractivity contribution >= 4 is 23.6 Å². The molecule has 0 radical (unpaired) electrons. The van der Waals surface area contributed by atoms with Gasteiger partial charge in [-0.3, -0.25) is 9.59 Å². The van der Waals surface area contributed by atoms with E-state index in [0.717, 1.165) is 37.2 Å². The van der Waals surface area contributed by atoms with E-state index in [-0.39, 0.29) is 11.8 Å². The molecule has 0 saturated carbocycles. The molecule has 0 aromatic heterocycles. The zero-order chi connectivity index (χ0) is 17.4. The van der Waals surface area contributed by atoms with Gasteiger partial charge in [-0.25, -0.2) is 0 Å². The Morgan fingerprint density at radius 1 is 1.33 bits per heavy atom. The van der Waals surface area contributed by atoms with Crippen molar-refractivity contribution < 1.29 is 14.3 Å². The number of nitrogens with one attached hydrogen (secondary N) is 1. The Labute approximate surface area is 148 Å². The van der Waals surface area contributed by atoms with Crippen molar-refractivity contribution in [2.75, 3.05) is 38.8 Å². The molecule has 0 bridgehead atoms. The second-order valence-electron chi connectivity index (χ2n) is 6.11. The van der Waals surface area contributed by atoms with E-state index in [2.05, 4.69) is 5.32 Å². The van der Waals surface area contributed by atoms with Gasteiger partial charge in [0.25, 0.3) is 0 Å². The van der Waals surface area contributed by atoms with E-state index < -0.39 is 0 Å². The maximum atomic E-state index is 12.1. The van der Waals surface area contributed by atoms with Crippen molar-refractivity contribution in [2.45, 2.75) is 19.3 Å². The Hall–Kier alpha value is -1.69. The maximum absolute atomic E-state index is 12.1. The predicted octanol–water partition coefficient (Wildman–Crippen LogP) is 1.96. The highest BCUT2D eigenvalue weighted by Gasteiger charge is 2.23. The van der Waals surface area contributed by atoms with Gasteiger partial charge < -0.3 is 15.0 Å². The molecule has 2 rings (SSSR count). The van der Waals surface area contributed by atoms with E-state index in [1.807, 2.05) is 35.4 Å². The number of carbonyl (C=O) groups is 2. The molecule has 0 spiro atoms. The van der Waals surface area contributed by atoms with Crippen LogP contribution in [0.3, 0.4) is 0 Å². The van der Waals surface area contributed by atoms with Gasteiger partial charge in [0.2, 0.25) is 11.8 Å². The first-order chi connectivity index (χ1) is 11.6. The number of benzene rings is 1. The number of methoxy groups -OCH3 is 1. The molecule has 2 amide bonds. The summed E-state index contributed by atoms with van der Waals surface area (Å²) in [5.74, 6) is 1.90. The van der Waals surface area contributed by atoms with E-state index in [4.69, 9.17) is 4.74 Å². The van der Waals surface area contributed by atoms with E-state index in [9.17, 15) is 9.59 Å². The van der Waals surface area contributed by atoms with Crippen LogP contribution in [-0.2, 0) is 16.0 Å². The fraction of sp³-hybridized carbons (Fsp3) is 0.556. The SMILES string of the molecule is COc1ccc(CC(=O)NC[C@H]2CCCN(C(=O)CSC)C2)cc1. The van der Waals surface area contributed by atoms with Gasteiger partial charge in [-0.1, -0.05) is 12.1 Å². The van der Waals surface area contributed by atoms with Gasteiger partial charge in [0, 0.05) is 19.6 Å². The zero-order valence-electron chi connectivity index (χ0n) is 14.4. The molecule has 24 heavy (non-hydrogen) atoms. The van der Waals surface area contributed by atoms with Crippen LogP contribution in [-0.4, -0.2) is 55.5 Å². The van der Waals surface area contributed by atoms with Crippen LogP contribution in [0.25, 0.3) is 0 Å².